The summed E-state index contributed by atoms with van der Waals surface area (Å²) in [5.74, 6) is 0.228. The molecule has 0 radical (unpaired) electrons. The van der Waals surface area contributed by atoms with Crippen LogP contribution in [0.5, 0.6) is 17.2 Å². The van der Waals surface area contributed by atoms with Crippen molar-refractivity contribution >= 4 is 28.3 Å². The Balaban J connectivity index is 1.81. The molecule has 156 valence electrons. The number of carbonyl (C=O) groups excluding carboxylic acids is 2. The number of hydrogen-bond acceptors (Lipinski definition) is 6. The molecule has 0 saturated heterocycles. The van der Waals surface area contributed by atoms with Crippen LogP contribution in [0.25, 0.3) is 10.8 Å². The molecule has 0 fully saturated rings. The van der Waals surface area contributed by atoms with Gasteiger partial charge in [-0.15, -0.1) is 0 Å². The minimum atomic E-state index is -0.815. The average Bonchev–Trinajstić information content (AvgIpc) is 2.77. The second-order valence-corrected chi connectivity index (χ2v) is 6.50. The van der Waals surface area contributed by atoms with Crippen molar-refractivity contribution < 1.29 is 28.5 Å². The van der Waals surface area contributed by atoms with E-state index in [1.165, 1.54) is 33.5 Å². The summed E-state index contributed by atoms with van der Waals surface area (Å²) in [4.78, 5) is 24.9. The van der Waals surface area contributed by atoms with Gasteiger partial charge >= 0.3 is 5.97 Å². The van der Waals surface area contributed by atoms with Gasteiger partial charge in [-0.25, -0.2) is 4.79 Å². The summed E-state index contributed by atoms with van der Waals surface area (Å²) in [7, 11) is 4.18. The first-order chi connectivity index (χ1) is 14.5. The normalized spacial score (nSPS) is 11.5. The average molecular weight is 409 g/mol. The Bertz CT molecular complexity index is 1080. The minimum Gasteiger partial charge on any atom is -0.493 e. The molecule has 0 aliphatic carbocycles. The van der Waals surface area contributed by atoms with Crippen LogP contribution in [0.3, 0.4) is 0 Å². The lowest BCUT2D eigenvalue weighted by Gasteiger charge is -2.18. The van der Waals surface area contributed by atoms with Crippen molar-refractivity contribution in [2.75, 3.05) is 26.6 Å². The molecule has 7 nitrogen and oxygen atoms in total. The fourth-order valence-corrected chi connectivity index (χ4v) is 2.99. The van der Waals surface area contributed by atoms with Gasteiger partial charge in [0.25, 0.3) is 5.91 Å². The first-order valence-electron chi connectivity index (χ1n) is 9.27. The summed E-state index contributed by atoms with van der Waals surface area (Å²) in [6.45, 7) is 1.63. The topological polar surface area (TPSA) is 83.1 Å². The number of esters is 1. The third-order valence-corrected chi connectivity index (χ3v) is 4.59. The highest BCUT2D eigenvalue weighted by Crippen LogP contribution is 2.34. The van der Waals surface area contributed by atoms with Crippen LogP contribution in [-0.4, -0.2) is 39.3 Å². The molecule has 0 unspecified atom stereocenters. The number of amides is 1. The van der Waals surface area contributed by atoms with E-state index in [1.807, 2.05) is 42.5 Å². The van der Waals surface area contributed by atoms with Gasteiger partial charge in [-0.05, 0) is 29.8 Å². The fourth-order valence-electron chi connectivity index (χ4n) is 2.99. The summed E-state index contributed by atoms with van der Waals surface area (Å²) in [5.41, 5.74) is 0.375. The van der Waals surface area contributed by atoms with Crippen LogP contribution >= 0.6 is 0 Å². The van der Waals surface area contributed by atoms with E-state index in [1.54, 1.807) is 6.92 Å². The van der Waals surface area contributed by atoms with Gasteiger partial charge in [0.1, 0.15) is 5.75 Å². The molecule has 0 aliphatic rings. The Morgan fingerprint density at radius 2 is 1.53 bits per heavy atom. The Morgan fingerprint density at radius 3 is 2.20 bits per heavy atom. The van der Waals surface area contributed by atoms with Crippen molar-refractivity contribution in [3.63, 3.8) is 0 Å². The fraction of sp³-hybridized carbons (Fsp3) is 0.217. The quantitative estimate of drug-likeness (QED) is 0.593. The second-order valence-electron chi connectivity index (χ2n) is 6.50. The van der Waals surface area contributed by atoms with Gasteiger partial charge < -0.3 is 24.3 Å². The van der Waals surface area contributed by atoms with Crippen LogP contribution in [0, 0.1) is 0 Å². The third kappa shape index (κ3) is 4.46. The van der Waals surface area contributed by atoms with Crippen molar-refractivity contribution in [3.05, 3.63) is 60.2 Å². The Morgan fingerprint density at radius 1 is 0.867 bits per heavy atom. The molecule has 1 N–H and O–H groups in total. The standard InChI is InChI=1S/C23H23NO6/c1-14(30-17-10-9-15-7-5-6-8-16(15)11-17)22(25)24-19-13-21(28-3)20(27-2)12-18(19)23(26)29-4/h5-14H,1-4H3,(H,24,25)/t14-/m0/s1. The van der Waals surface area contributed by atoms with Crippen LogP contribution in [-0.2, 0) is 9.53 Å². The number of anilines is 1. The van der Waals surface area contributed by atoms with Crippen LogP contribution in [0.15, 0.2) is 54.6 Å². The highest BCUT2D eigenvalue weighted by atomic mass is 16.5. The lowest BCUT2D eigenvalue weighted by molar-refractivity contribution is -0.122. The molecule has 3 rings (SSSR count). The van der Waals surface area contributed by atoms with Gasteiger partial charge in [-0.2, -0.15) is 0 Å². The number of benzene rings is 3. The van der Waals surface area contributed by atoms with Gasteiger partial charge in [-0.3, -0.25) is 4.79 Å². The molecule has 7 heteroatoms. The number of hydrogen-bond donors (Lipinski definition) is 1. The van der Waals surface area contributed by atoms with E-state index in [-0.39, 0.29) is 11.3 Å². The summed E-state index contributed by atoms with van der Waals surface area (Å²) >= 11 is 0. The monoisotopic (exact) mass is 409 g/mol. The van der Waals surface area contributed by atoms with E-state index in [9.17, 15) is 9.59 Å². The maximum Gasteiger partial charge on any atom is 0.340 e. The van der Waals surface area contributed by atoms with E-state index in [4.69, 9.17) is 18.9 Å². The van der Waals surface area contributed by atoms with Crippen molar-refractivity contribution in [1.29, 1.82) is 0 Å². The molecule has 1 atom stereocenters. The molecule has 3 aromatic carbocycles. The summed E-state index contributed by atoms with van der Waals surface area (Å²) in [5, 5.41) is 4.80. The molecule has 0 aromatic heterocycles. The van der Waals surface area contributed by atoms with Gasteiger partial charge in [0, 0.05) is 12.1 Å². The maximum atomic E-state index is 12.7. The number of carbonyl (C=O) groups is 2. The first kappa shape index (κ1) is 21.0. The van der Waals surface area contributed by atoms with Gasteiger partial charge in [0.15, 0.2) is 17.6 Å². The summed E-state index contributed by atoms with van der Waals surface area (Å²) in [6.07, 6.45) is -0.815. The number of fused-ring (bicyclic) bond motifs is 1. The van der Waals surface area contributed by atoms with Crippen LogP contribution in [0.1, 0.15) is 17.3 Å². The summed E-state index contributed by atoms with van der Waals surface area (Å²) in [6, 6.07) is 16.4. The van der Waals surface area contributed by atoms with E-state index in [0.717, 1.165) is 10.8 Å². The summed E-state index contributed by atoms with van der Waals surface area (Å²) < 4.78 is 21.1. The predicted molar refractivity (Wildman–Crippen MR) is 114 cm³/mol. The molecular weight excluding hydrogens is 386 g/mol. The van der Waals surface area contributed by atoms with Gasteiger partial charge in [0.05, 0.1) is 32.6 Å². The highest BCUT2D eigenvalue weighted by Gasteiger charge is 2.22. The van der Waals surface area contributed by atoms with Gasteiger partial charge in [0.2, 0.25) is 0 Å². The number of ether oxygens (including phenoxy) is 4. The predicted octanol–water partition coefficient (Wildman–Crippen LogP) is 4.05. The third-order valence-electron chi connectivity index (χ3n) is 4.59. The van der Waals surface area contributed by atoms with Crippen molar-refractivity contribution in [2.45, 2.75) is 13.0 Å². The zero-order valence-electron chi connectivity index (χ0n) is 17.2. The maximum absolute atomic E-state index is 12.7. The minimum absolute atomic E-state index is 0.140. The lowest BCUT2D eigenvalue weighted by Crippen LogP contribution is -2.30. The van der Waals surface area contributed by atoms with Crippen LogP contribution in [0.4, 0.5) is 5.69 Å². The SMILES string of the molecule is COC(=O)c1cc(OC)c(OC)cc1NC(=O)[C@H](C)Oc1ccc2ccccc2c1. The molecule has 0 aliphatic heterocycles. The molecule has 0 heterocycles. The largest absolute Gasteiger partial charge is 0.493 e. The van der Waals surface area contributed by atoms with E-state index in [0.29, 0.717) is 17.2 Å². The number of methoxy groups -OCH3 is 3. The van der Waals surface area contributed by atoms with Gasteiger partial charge in [-0.1, -0.05) is 30.3 Å². The van der Waals surface area contributed by atoms with Crippen molar-refractivity contribution in [1.82, 2.24) is 0 Å². The lowest BCUT2D eigenvalue weighted by atomic mass is 10.1. The molecule has 0 spiro atoms. The van der Waals surface area contributed by atoms with E-state index < -0.39 is 18.0 Å². The van der Waals surface area contributed by atoms with Crippen molar-refractivity contribution in [2.24, 2.45) is 0 Å². The van der Waals surface area contributed by atoms with Crippen LogP contribution < -0.4 is 19.5 Å². The van der Waals surface area contributed by atoms with Crippen LogP contribution in [0.2, 0.25) is 0 Å². The molecular formula is C23H23NO6. The number of rotatable bonds is 7. The van der Waals surface area contributed by atoms with E-state index >= 15 is 0 Å². The molecule has 3 aromatic rings. The van der Waals surface area contributed by atoms with E-state index in [2.05, 4.69) is 5.32 Å². The zero-order chi connectivity index (χ0) is 21.7. The number of nitrogens with one attached hydrogen (secondary N) is 1. The Kier molecular flexibility index (Phi) is 6.41. The zero-order valence-corrected chi connectivity index (χ0v) is 17.2. The second kappa shape index (κ2) is 9.17. The first-order valence-corrected chi connectivity index (χ1v) is 9.27. The molecule has 30 heavy (non-hydrogen) atoms. The Labute approximate surface area is 174 Å². The Hall–Kier alpha value is -3.74. The highest BCUT2D eigenvalue weighted by molar-refractivity contribution is 6.03. The molecule has 1 amide bonds. The smallest absolute Gasteiger partial charge is 0.340 e. The molecule has 0 saturated carbocycles. The van der Waals surface area contributed by atoms with Crippen molar-refractivity contribution in [3.8, 4) is 17.2 Å². The molecule has 0 bridgehead atoms.